The molecule has 1 amide bonds. The molecule has 0 aromatic rings. The lowest BCUT2D eigenvalue weighted by Gasteiger charge is -2.42. The highest BCUT2D eigenvalue weighted by Gasteiger charge is 2.42. The molecule has 2 atom stereocenters. The van der Waals surface area contributed by atoms with Gasteiger partial charge in [0, 0.05) is 19.0 Å². The topological polar surface area (TPSA) is 76.1 Å². The molecule has 6 heteroatoms. The van der Waals surface area contributed by atoms with Gasteiger partial charge < -0.3 is 19.5 Å². The largest absolute Gasteiger partial charge is 0.466 e. The van der Waals surface area contributed by atoms with Gasteiger partial charge in [0.1, 0.15) is 5.60 Å². The Morgan fingerprint density at radius 2 is 2.00 bits per heavy atom. The van der Waals surface area contributed by atoms with E-state index in [0.29, 0.717) is 26.1 Å². The van der Waals surface area contributed by atoms with E-state index in [1.807, 2.05) is 27.7 Å². The van der Waals surface area contributed by atoms with Gasteiger partial charge >= 0.3 is 12.1 Å². The molecule has 0 aromatic heterocycles. The first-order valence-corrected chi connectivity index (χ1v) is 7.43. The third-order valence-corrected chi connectivity index (χ3v) is 3.63. The van der Waals surface area contributed by atoms with Gasteiger partial charge in [0.25, 0.3) is 0 Å². The molecule has 21 heavy (non-hydrogen) atoms. The van der Waals surface area contributed by atoms with Crippen LogP contribution >= 0.6 is 0 Å². The molecule has 1 aliphatic heterocycles. The van der Waals surface area contributed by atoms with Crippen molar-refractivity contribution in [3.63, 3.8) is 0 Å². The Hall–Kier alpha value is -1.30. The van der Waals surface area contributed by atoms with Crippen molar-refractivity contribution in [1.82, 2.24) is 4.90 Å². The zero-order valence-electron chi connectivity index (χ0n) is 13.6. The van der Waals surface area contributed by atoms with Crippen LogP contribution in [0.25, 0.3) is 0 Å². The Morgan fingerprint density at radius 3 is 2.48 bits per heavy atom. The number of ether oxygens (including phenoxy) is 2. The number of rotatable bonds is 3. The summed E-state index contributed by atoms with van der Waals surface area (Å²) in [7, 11) is 0. The molecule has 1 heterocycles. The average molecular weight is 301 g/mol. The Kier molecular flexibility index (Phi) is 5.61. The Balaban J connectivity index is 2.61. The maximum atomic E-state index is 12.0. The van der Waals surface area contributed by atoms with Gasteiger partial charge in [0.05, 0.1) is 18.6 Å². The number of carbonyl (C=O) groups is 2. The highest BCUT2D eigenvalue weighted by atomic mass is 16.6. The smallest absolute Gasteiger partial charge is 0.410 e. The van der Waals surface area contributed by atoms with Gasteiger partial charge in [-0.05, 0) is 34.1 Å². The maximum Gasteiger partial charge on any atom is 0.410 e. The van der Waals surface area contributed by atoms with Gasteiger partial charge in [-0.2, -0.15) is 0 Å². The molecular formula is C15H27NO5. The second kappa shape index (κ2) is 6.64. The lowest BCUT2D eigenvalue weighted by atomic mass is 9.80. The summed E-state index contributed by atoms with van der Waals surface area (Å²) in [5.41, 5.74) is -1.66. The van der Waals surface area contributed by atoms with Crippen molar-refractivity contribution in [2.75, 3.05) is 19.7 Å². The molecule has 1 saturated heterocycles. The summed E-state index contributed by atoms with van der Waals surface area (Å²) in [6.45, 7) is 10.0. The van der Waals surface area contributed by atoms with Gasteiger partial charge in [0.2, 0.25) is 0 Å². The van der Waals surface area contributed by atoms with Gasteiger partial charge in [-0.3, -0.25) is 4.79 Å². The summed E-state index contributed by atoms with van der Waals surface area (Å²) >= 11 is 0. The number of carbonyl (C=O) groups excluding carboxylic acids is 2. The first-order valence-electron chi connectivity index (χ1n) is 7.43. The Labute approximate surface area is 126 Å². The van der Waals surface area contributed by atoms with Gasteiger partial charge in [-0.15, -0.1) is 0 Å². The number of nitrogens with zero attached hydrogens (tertiary/aromatic N) is 1. The minimum Gasteiger partial charge on any atom is -0.466 e. The molecule has 122 valence electrons. The maximum absolute atomic E-state index is 12.0. The number of hydrogen-bond donors (Lipinski definition) is 1. The fraction of sp³-hybridized carbons (Fsp3) is 0.867. The first-order chi connectivity index (χ1) is 9.57. The van der Waals surface area contributed by atoms with Crippen LogP contribution in [0.15, 0.2) is 0 Å². The van der Waals surface area contributed by atoms with Crippen LogP contribution in [0.4, 0.5) is 4.79 Å². The molecule has 6 nitrogen and oxygen atoms in total. The van der Waals surface area contributed by atoms with E-state index in [1.165, 1.54) is 0 Å². The van der Waals surface area contributed by atoms with Crippen LogP contribution in [0.1, 0.15) is 47.5 Å². The van der Waals surface area contributed by atoms with Crippen LogP contribution in [-0.2, 0) is 14.3 Å². The SMILES string of the molecule is CCOC(=O)CC1(O)CCN(C(=O)OC(C)(C)C)CC1C. The number of piperidine rings is 1. The second-order valence-corrected chi connectivity index (χ2v) is 6.66. The van der Waals surface area contributed by atoms with Crippen molar-refractivity contribution in [2.45, 2.75) is 58.7 Å². The van der Waals surface area contributed by atoms with Gasteiger partial charge in [-0.25, -0.2) is 4.79 Å². The van der Waals surface area contributed by atoms with Crippen molar-refractivity contribution in [2.24, 2.45) is 5.92 Å². The molecule has 0 bridgehead atoms. The number of amides is 1. The van der Waals surface area contributed by atoms with Crippen LogP contribution in [0, 0.1) is 5.92 Å². The summed E-state index contributed by atoms with van der Waals surface area (Å²) in [4.78, 5) is 25.2. The van der Waals surface area contributed by atoms with Crippen LogP contribution in [0.5, 0.6) is 0 Å². The number of aliphatic hydroxyl groups is 1. The summed E-state index contributed by atoms with van der Waals surface area (Å²) in [6.07, 6.45) is -0.0799. The Bertz CT molecular complexity index is 390. The zero-order chi connectivity index (χ0) is 16.3. The highest BCUT2D eigenvalue weighted by Crippen LogP contribution is 2.32. The van der Waals surface area contributed by atoms with Crippen molar-refractivity contribution < 1.29 is 24.2 Å². The number of esters is 1. The highest BCUT2D eigenvalue weighted by molar-refractivity contribution is 5.71. The molecule has 0 aliphatic carbocycles. The van der Waals surface area contributed by atoms with Crippen LogP contribution in [0.2, 0.25) is 0 Å². The summed E-state index contributed by atoms with van der Waals surface area (Å²) in [6, 6.07) is 0. The van der Waals surface area contributed by atoms with Gasteiger partial charge in [0.15, 0.2) is 0 Å². The van der Waals surface area contributed by atoms with Crippen molar-refractivity contribution >= 4 is 12.1 Å². The summed E-state index contributed by atoms with van der Waals surface area (Å²) in [5, 5.41) is 10.6. The molecule has 2 unspecified atom stereocenters. The molecule has 0 spiro atoms. The van der Waals surface area contributed by atoms with E-state index in [0.717, 1.165) is 0 Å². The van der Waals surface area contributed by atoms with Crippen LogP contribution in [-0.4, -0.2) is 53.0 Å². The zero-order valence-corrected chi connectivity index (χ0v) is 13.6. The van der Waals surface area contributed by atoms with E-state index in [-0.39, 0.29) is 18.4 Å². The normalized spacial score (nSPS) is 26.4. The number of likely N-dealkylation sites (tertiary alicyclic amines) is 1. The quantitative estimate of drug-likeness (QED) is 0.806. The Morgan fingerprint density at radius 1 is 1.38 bits per heavy atom. The van der Waals surface area contributed by atoms with E-state index in [2.05, 4.69) is 0 Å². The molecule has 1 aliphatic rings. The predicted octanol–water partition coefficient (Wildman–Crippen LogP) is 1.95. The molecular weight excluding hydrogens is 274 g/mol. The molecule has 0 saturated carbocycles. The molecule has 1 N–H and O–H groups in total. The third-order valence-electron chi connectivity index (χ3n) is 3.63. The minimum absolute atomic E-state index is 0.0375. The minimum atomic E-state index is -1.12. The fourth-order valence-corrected chi connectivity index (χ4v) is 2.38. The fourth-order valence-electron chi connectivity index (χ4n) is 2.38. The molecule has 0 radical (unpaired) electrons. The average Bonchev–Trinajstić information content (AvgIpc) is 2.30. The van der Waals surface area contributed by atoms with Crippen molar-refractivity contribution in [3.8, 4) is 0 Å². The molecule has 1 rings (SSSR count). The van der Waals surface area contributed by atoms with E-state index in [4.69, 9.17) is 9.47 Å². The third kappa shape index (κ3) is 5.19. The number of hydrogen-bond acceptors (Lipinski definition) is 5. The van der Waals surface area contributed by atoms with E-state index in [9.17, 15) is 14.7 Å². The summed E-state index contributed by atoms with van der Waals surface area (Å²) in [5.74, 6) is -0.624. The lowest BCUT2D eigenvalue weighted by molar-refractivity contribution is -0.153. The lowest BCUT2D eigenvalue weighted by Crippen LogP contribution is -2.54. The first kappa shape index (κ1) is 17.8. The van der Waals surface area contributed by atoms with Crippen molar-refractivity contribution in [1.29, 1.82) is 0 Å². The molecule has 0 aromatic carbocycles. The van der Waals surface area contributed by atoms with Crippen LogP contribution in [0.3, 0.4) is 0 Å². The van der Waals surface area contributed by atoms with E-state index >= 15 is 0 Å². The standard InChI is InChI=1S/C15H27NO5/c1-6-20-12(17)9-15(19)7-8-16(10-11(15)2)13(18)21-14(3,4)5/h11,19H,6-10H2,1-5H3. The van der Waals surface area contributed by atoms with E-state index < -0.39 is 17.2 Å². The summed E-state index contributed by atoms with van der Waals surface area (Å²) < 4.78 is 10.2. The van der Waals surface area contributed by atoms with E-state index in [1.54, 1.807) is 11.8 Å². The molecule has 1 fully saturated rings. The van der Waals surface area contributed by atoms with Gasteiger partial charge in [-0.1, -0.05) is 6.92 Å². The van der Waals surface area contributed by atoms with Crippen LogP contribution < -0.4 is 0 Å². The predicted molar refractivity (Wildman–Crippen MR) is 77.8 cm³/mol. The monoisotopic (exact) mass is 301 g/mol. The second-order valence-electron chi connectivity index (χ2n) is 6.66. The van der Waals surface area contributed by atoms with Crippen molar-refractivity contribution in [3.05, 3.63) is 0 Å².